The third-order valence-corrected chi connectivity index (χ3v) is 7.38. The van der Waals surface area contributed by atoms with Crippen molar-refractivity contribution in [2.75, 3.05) is 14.2 Å². The molecule has 1 fully saturated rings. The number of Topliss-reactive ketones (excluding diaryl/α,β-unsaturated/α-hetero) is 1. The van der Waals surface area contributed by atoms with Crippen LogP contribution in [0.3, 0.4) is 0 Å². The molecule has 200 valence electrons. The molecular formula is C31H36N2O5. The van der Waals surface area contributed by atoms with Crippen LogP contribution in [-0.2, 0) is 34.7 Å². The van der Waals surface area contributed by atoms with Gasteiger partial charge in [-0.3, -0.25) is 14.4 Å². The van der Waals surface area contributed by atoms with Gasteiger partial charge in [0.2, 0.25) is 0 Å². The SMILES string of the molecule is COC(=O)CCC(C#N)(CCC(=O)OC)c1ccccc1C.Cc1ccccc1C1(C#N)CCC(=O)CC1. The van der Waals surface area contributed by atoms with Crippen molar-refractivity contribution in [3.63, 3.8) is 0 Å². The molecule has 1 saturated carbocycles. The van der Waals surface area contributed by atoms with Gasteiger partial charge in [0.15, 0.2) is 0 Å². The van der Waals surface area contributed by atoms with E-state index in [0.717, 1.165) is 22.3 Å². The summed E-state index contributed by atoms with van der Waals surface area (Å²) in [5.41, 5.74) is 2.71. The van der Waals surface area contributed by atoms with Crippen LogP contribution in [0.15, 0.2) is 48.5 Å². The summed E-state index contributed by atoms with van der Waals surface area (Å²) in [4.78, 5) is 34.2. The molecule has 0 aliphatic heterocycles. The molecule has 7 heteroatoms. The zero-order chi connectivity index (χ0) is 28.2. The molecule has 0 N–H and O–H groups in total. The van der Waals surface area contributed by atoms with Crippen molar-refractivity contribution in [3.05, 3.63) is 70.8 Å². The summed E-state index contributed by atoms with van der Waals surface area (Å²) >= 11 is 0. The molecule has 0 saturated heterocycles. The Bertz CT molecular complexity index is 1190. The summed E-state index contributed by atoms with van der Waals surface area (Å²) in [6.45, 7) is 3.95. The van der Waals surface area contributed by atoms with Gasteiger partial charge in [0.25, 0.3) is 0 Å². The number of carbonyl (C=O) groups is 3. The summed E-state index contributed by atoms with van der Waals surface area (Å²) in [5.74, 6) is -0.447. The Morgan fingerprint density at radius 1 is 0.868 bits per heavy atom. The molecule has 0 atom stereocenters. The van der Waals surface area contributed by atoms with Crippen molar-refractivity contribution in [1.29, 1.82) is 10.5 Å². The van der Waals surface area contributed by atoms with E-state index >= 15 is 0 Å². The maximum absolute atomic E-state index is 11.5. The number of aryl methyl sites for hydroxylation is 2. The van der Waals surface area contributed by atoms with Crippen LogP contribution in [0.5, 0.6) is 0 Å². The lowest BCUT2D eigenvalue weighted by molar-refractivity contribution is -0.141. The number of methoxy groups -OCH3 is 2. The first-order valence-electron chi connectivity index (χ1n) is 12.8. The molecule has 1 aliphatic rings. The van der Waals surface area contributed by atoms with E-state index in [0.29, 0.717) is 44.3 Å². The van der Waals surface area contributed by atoms with Gasteiger partial charge in [-0.15, -0.1) is 0 Å². The molecule has 0 heterocycles. The van der Waals surface area contributed by atoms with E-state index in [9.17, 15) is 24.9 Å². The van der Waals surface area contributed by atoms with Crippen LogP contribution < -0.4 is 0 Å². The molecule has 3 rings (SSSR count). The molecule has 0 spiro atoms. The van der Waals surface area contributed by atoms with E-state index in [1.165, 1.54) is 14.2 Å². The zero-order valence-corrected chi connectivity index (χ0v) is 22.7. The highest BCUT2D eigenvalue weighted by Crippen LogP contribution is 2.39. The van der Waals surface area contributed by atoms with Crippen LogP contribution in [-0.4, -0.2) is 31.9 Å². The van der Waals surface area contributed by atoms with Crippen LogP contribution in [0.25, 0.3) is 0 Å². The monoisotopic (exact) mass is 516 g/mol. The number of hydrogen-bond acceptors (Lipinski definition) is 7. The van der Waals surface area contributed by atoms with Crippen LogP contribution in [0, 0.1) is 36.5 Å². The van der Waals surface area contributed by atoms with Crippen molar-refractivity contribution in [2.45, 2.75) is 76.0 Å². The standard InChI is InChI=1S/C17H21NO4.C14H15NO/c1-13-6-4-5-7-14(13)17(12-18,10-8-15(19)21-2)11-9-16(20)22-3;1-11-4-2-3-5-13(11)14(10-15)8-6-12(16)7-9-14/h4-7H,8-11H2,1-3H3;2-5H,6-9H2,1H3. The number of benzene rings is 2. The Morgan fingerprint density at radius 3 is 1.82 bits per heavy atom. The fraction of sp³-hybridized carbons (Fsp3) is 0.452. The third-order valence-electron chi connectivity index (χ3n) is 7.38. The summed E-state index contributed by atoms with van der Waals surface area (Å²) in [6, 6.07) is 20.3. The van der Waals surface area contributed by atoms with Gasteiger partial charge in [0.05, 0.1) is 37.2 Å². The zero-order valence-electron chi connectivity index (χ0n) is 22.7. The third kappa shape index (κ3) is 7.52. The second kappa shape index (κ2) is 14.1. The summed E-state index contributed by atoms with van der Waals surface area (Å²) in [6.07, 6.45) is 3.29. The van der Waals surface area contributed by atoms with Crippen molar-refractivity contribution in [1.82, 2.24) is 0 Å². The number of esters is 2. The first-order valence-corrected chi connectivity index (χ1v) is 12.8. The number of ether oxygens (including phenoxy) is 2. The minimum absolute atomic E-state index is 0.125. The lowest BCUT2D eigenvalue weighted by atomic mass is 9.69. The van der Waals surface area contributed by atoms with Gasteiger partial charge in [0.1, 0.15) is 5.78 Å². The number of nitrogens with zero attached hydrogens (tertiary/aromatic N) is 2. The minimum atomic E-state index is -0.909. The second-order valence-electron chi connectivity index (χ2n) is 9.71. The number of ketones is 1. The summed E-state index contributed by atoms with van der Waals surface area (Å²) < 4.78 is 9.33. The van der Waals surface area contributed by atoms with E-state index < -0.39 is 10.8 Å². The number of rotatable bonds is 8. The normalized spacial score (nSPS) is 14.2. The van der Waals surface area contributed by atoms with Gasteiger partial charge in [-0.1, -0.05) is 48.5 Å². The Labute approximate surface area is 225 Å². The molecule has 0 aromatic heterocycles. The Morgan fingerprint density at radius 2 is 1.37 bits per heavy atom. The Kier molecular flexibility index (Phi) is 11.2. The first-order chi connectivity index (χ1) is 18.2. The van der Waals surface area contributed by atoms with Gasteiger partial charge < -0.3 is 9.47 Å². The van der Waals surface area contributed by atoms with Crippen LogP contribution in [0.2, 0.25) is 0 Å². The predicted molar refractivity (Wildman–Crippen MR) is 143 cm³/mol. The van der Waals surface area contributed by atoms with Gasteiger partial charge in [-0.2, -0.15) is 10.5 Å². The molecule has 0 amide bonds. The van der Waals surface area contributed by atoms with Crippen molar-refractivity contribution in [3.8, 4) is 12.1 Å². The fourth-order valence-corrected chi connectivity index (χ4v) is 5.02. The van der Waals surface area contributed by atoms with E-state index in [-0.39, 0.29) is 24.8 Å². The number of carbonyl (C=O) groups excluding carboxylic acids is 3. The average molecular weight is 517 g/mol. The topological polar surface area (TPSA) is 117 Å². The lowest BCUT2D eigenvalue weighted by Gasteiger charge is -2.31. The number of nitriles is 2. The summed E-state index contributed by atoms with van der Waals surface area (Å²) in [5, 5.41) is 19.2. The smallest absolute Gasteiger partial charge is 0.305 e. The van der Waals surface area contributed by atoms with Gasteiger partial charge >= 0.3 is 11.9 Å². The van der Waals surface area contributed by atoms with Crippen LogP contribution >= 0.6 is 0 Å². The van der Waals surface area contributed by atoms with E-state index in [2.05, 4.69) is 21.6 Å². The van der Waals surface area contributed by atoms with Gasteiger partial charge in [-0.05, 0) is 61.8 Å². The summed E-state index contributed by atoms with van der Waals surface area (Å²) in [7, 11) is 2.64. The molecule has 2 aromatic carbocycles. The van der Waals surface area contributed by atoms with E-state index in [1.54, 1.807) is 0 Å². The molecule has 0 unspecified atom stereocenters. The molecule has 1 aliphatic carbocycles. The molecule has 0 bridgehead atoms. The predicted octanol–water partition coefficient (Wildman–Crippen LogP) is 5.56. The maximum atomic E-state index is 11.5. The maximum Gasteiger partial charge on any atom is 0.305 e. The highest BCUT2D eigenvalue weighted by Gasteiger charge is 2.37. The molecule has 0 radical (unpaired) electrons. The van der Waals surface area contributed by atoms with E-state index in [1.807, 2.05) is 62.4 Å². The molecular weight excluding hydrogens is 480 g/mol. The van der Waals surface area contributed by atoms with E-state index in [4.69, 9.17) is 0 Å². The van der Waals surface area contributed by atoms with Crippen LogP contribution in [0.1, 0.15) is 73.6 Å². The fourth-order valence-electron chi connectivity index (χ4n) is 5.02. The number of hydrogen-bond donors (Lipinski definition) is 0. The Hall–Kier alpha value is -3.97. The molecule has 7 nitrogen and oxygen atoms in total. The second-order valence-corrected chi connectivity index (χ2v) is 9.71. The van der Waals surface area contributed by atoms with Crippen LogP contribution in [0.4, 0.5) is 0 Å². The van der Waals surface area contributed by atoms with Gasteiger partial charge in [-0.25, -0.2) is 0 Å². The first kappa shape index (κ1) is 30.3. The average Bonchev–Trinajstić information content (AvgIpc) is 2.95. The van der Waals surface area contributed by atoms with Gasteiger partial charge in [0, 0.05) is 25.7 Å². The molecule has 2 aromatic rings. The van der Waals surface area contributed by atoms with Crippen molar-refractivity contribution in [2.24, 2.45) is 0 Å². The Balaban J connectivity index is 0.000000279. The van der Waals surface area contributed by atoms with Crippen molar-refractivity contribution < 1.29 is 23.9 Å². The highest BCUT2D eigenvalue weighted by molar-refractivity contribution is 5.80. The lowest BCUT2D eigenvalue weighted by Crippen LogP contribution is -2.31. The highest BCUT2D eigenvalue weighted by atomic mass is 16.5. The molecule has 38 heavy (non-hydrogen) atoms. The minimum Gasteiger partial charge on any atom is -0.469 e. The quantitative estimate of drug-likeness (QED) is 0.421. The largest absolute Gasteiger partial charge is 0.469 e. The van der Waals surface area contributed by atoms with Crippen molar-refractivity contribution >= 4 is 17.7 Å².